The molecule has 1 aromatic rings. The van der Waals surface area contributed by atoms with Gasteiger partial charge in [-0.15, -0.1) is 0 Å². The maximum atomic E-state index is 8.63. The normalized spacial score (nSPS) is 6.40. The molecule has 0 saturated heterocycles. The van der Waals surface area contributed by atoms with Crippen LogP contribution in [-0.4, -0.2) is 5.11 Å². The fraction of sp³-hybridized carbons (Fsp3) is 0. The van der Waals surface area contributed by atoms with E-state index in [1.165, 1.54) is 0 Å². The van der Waals surface area contributed by atoms with E-state index in [0.29, 0.717) is 5.75 Å². The Kier molecular flexibility index (Phi) is 11.1. The van der Waals surface area contributed by atoms with Crippen molar-refractivity contribution in [3.8, 4) is 5.75 Å². The Balaban J connectivity index is 0. The predicted molar refractivity (Wildman–Crippen MR) is 38.0 cm³/mol. The number of rotatable bonds is 0. The zero-order valence-electron chi connectivity index (χ0n) is 5.70. The van der Waals surface area contributed by atoms with Crippen molar-refractivity contribution in [1.82, 2.24) is 0 Å². The van der Waals surface area contributed by atoms with Crippen LogP contribution in [0, 0.1) is 6.58 Å². The molecule has 0 atom stereocenters. The molecule has 1 N–H and O–H groups in total. The second-order valence-corrected chi connectivity index (χ2v) is 1.34. The van der Waals surface area contributed by atoms with Crippen LogP contribution in [0.2, 0.25) is 0 Å². The molecule has 0 aliphatic rings. The quantitative estimate of drug-likeness (QED) is 0.649. The van der Waals surface area contributed by atoms with E-state index in [0.717, 1.165) is 0 Å². The molecule has 0 saturated carbocycles. The van der Waals surface area contributed by atoms with E-state index < -0.39 is 0 Å². The van der Waals surface area contributed by atoms with Gasteiger partial charge in [-0.2, -0.15) is 0 Å². The fourth-order valence-electron chi connectivity index (χ4n) is 0.428. The summed E-state index contributed by atoms with van der Waals surface area (Å²) < 4.78 is 0. The van der Waals surface area contributed by atoms with Crippen LogP contribution in [-0.2, 0) is 32.7 Å². The third kappa shape index (κ3) is 5.99. The van der Waals surface area contributed by atoms with Gasteiger partial charge in [0.05, 0.1) is 0 Å². The Labute approximate surface area is 86.7 Å². The Morgan fingerprint density at radius 1 is 1.10 bits per heavy atom. The van der Waals surface area contributed by atoms with Crippen molar-refractivity contribution in [2.24, 2.45) is 0 Å². The molecule has 0 amide bonds. The van der Waals surface area contributed by atoms with Gasteiger partial charge < -0.3 is 11.7 Å². The summed E-state index contributed by atoms with van der Waals surface area (Å²) in [5, 5.41) is 8.63. The summed E-state index contributed by atoms with van der Waals surface area (Å²) in [6.45, 7) is 7.00. The van der Waals surface area contributed by atoms with Crippen molar-refractivity contribution in [3.63, 3.8) is 0 Å². The van der Waals surface area contributed by atoms with E-state index in [2.05, 4.69) is 13.2 Å². The minimum atomic E-state index is 0. The number of para-hydroxylation sites is 1. The van der Waals surface area contributed by atoms with Crippen LogP contribution >= 0.6 is 0 Å². The summed E-state index contributed by atoms with van der Waals surface area (Å²) in [5.74, 6) is 0.322. The summed E-state index contributed by atoms with van der Waals surface area (Å²) in [7, 11) is 0. The summed E-state index contributed by atoms with van der Waals surface area (Å²) in [4.78, 5) is 0. The minimum Gasteiger partial charge on any atom is -0.521 e. The van der Waals surface area contributed by atoms with Crippen molar-refractivity contribution >= 4 is 0 Å². The van der Waals surface area contributed by atoms with Gasteiger partial charge in [0.25, 0.3) is 0 Å². The van der Waals surface area contributed by atoms with Crippen molar-refractivity contribution in [3.05, 3.63) is 43.5 Å². The van der Waals surface area contributed by atoms with E-state index in [4.69, 9.17) is 5.11 Å². The summed E-state index contributed by atoms with van der Waals surface area (Å²) >= 11 is 0. The number of phenols is 1. The zero-order chi connectivity index (χ0) is 7.11. The van der Waals surface area contributed by atoms with Crippen molar-refractivity contribution < 1.29 is 37.8 Å². The molecule has 0 bridgehead atoms. The standard InChI is InChI=1S/C6H6O.C2H3.Y/c7-6-4-2-1-3-5-6;1-2;/h1-5,7H;1H,2H2;/q;-1;. The molecule has 1 nitrogen and oxygen atoms in total. The van der Waals surface area contributed by atoms with E-state index in [1.54, 1.807) is 24.3 Å². The third-order valence-corrected chi connectivity index (χ3v) is 0.756. The minimum absolute atomic E-state index is 0. The second kappa shape index (κ2) is 8.86. The predicted octanol–water partition coefficient (Wildman–Crippen LogP) is 2.00. The Bertz CT molecular complexity index is 151. The van der Waals surface area contributed by atoms with Crippen molar-refractivity contribution in [2.75, 3.05) is 0 Å². The average Bonchev–Trinajstić information content (AvgIpc) is 1.94. The first-order valence-electron chi connectivity index (χ1n) is 2.54. The summed E-state index contributed by atoms with van der Waals surface area (Å²) in [6.07, 6.45) is 0. The van der Waals surface area contributed by atoms with Crippen LogP contribution < -0.4 is 0 Å². The molecule has 0 spiro atoms. The molecule has 0 aromatic heterocycles. The molecule has 0 aliphatic heterocycles. The smallest absolute Gasteiger partial charge is 0.115 e. The van der Waals surface area contributed by atoms with Gasteiger partial charge in [0, 0.05) is 32.7 Å². The SMILES string of the molecule is Oc1ccccc1.[CH-]=C.[Y]. The molecular weight excluding hydrogens is 201 g/mol. The van der Waals surface area contributed by atoms with Gasteiger partial charge in [-0.25, -0.2) is 0 Å². The van der Waals surface area contributed by atoms with E-state index in [1.807, 2.05) is 6.07 Å². The number of hydrogen-bond acceptors (Lipinski definition) is 1. The topological polar surface area (TPSA) is 20.2 Å². The summed E-state index contributed by atoms with van der Waals surface area (Å²) in [5.41, 5.74) is 0. The van der Waals surface area contributed by atoms with Gasteiger partial charge in [-0.1, -0.05) is 18.2 Å². The molecule has 0 aliphatic carbocycles. The third-order valence-electron chi connectivity index (χ3n) is 0.756. The van der Waals surface area contributed by atoms with Gasteiger partial charge in [-0.3, -0.25) is 6.58 Å². The Hall–Kier alpha value is -0.136. The molecule has 2 heteroatoms. The molecule has 10 heavy (non-hydrogen) atoms. The molecular formula is C8H9OY-. The van der Waals surface area contributed by atoms with E-state index >= 15 is 0 Å². The largest absolute Gasteiger partial charge is 0.521 e. The van der Waals surface area contributed by atoms with Crippen LogP contribution in [0.1, 0.15) is 0 Å². The first kappa shape index (κ1) is 12.5. The fourth-order valence-corrected chi connectivity index (χ4v) is 0.428. The monoisotopic (exact) mass is 210 g/mol. The van der Waals surface area contributed by atoms with Gasteiger partial charge in [0.2, 0.25) is 0 Å². The van der Waals surface area contributed by atoms with Crippen LogP contribution in [0.5, 0.6) is 5.75 Å². The van der Waals surface area contributed by atoms with E-state index in [9.17, 15) is 0 Å². The van der Waals surface area contributed by atoms with Crippen LogP contribution in [0.15, 0.2) is 36.9 Å². The molecule has 0 fully saturated rings. The second-order valence-electron chi connectivity index (χ2n) is 1.34. The molecule has 0 unspecified atom stereocenters. The van der Waals surface area contributed by atoms with Gasteiger partial charge >= 0.3 is 0 Å². The van der Waals surface area contributed by atoms with Crippen molar-refractivity contribution in [2.45, 2.75) is 0 Å². The summed E-state index contributed by atoms with van der Waals surface area (Å²) in [6, 6.07) is 8.71. The van der Waals surface area contributed by atoms with Crippen LogP contribution in [0.4, 0.5) is 0 Å². The molecule has 1 aromatic carbocycles. The first-order valence-corrected chi connectivity index (χ1v) is 2.54. The van der Waals surface area contributed by atoms with Crippen LogP contribution in [0.25, 0.3) is 0 Å². The maximum absolute atomic E-state index is 8.63. The number of benzene rings is 1. The Morgan fingerprint density at radius 3 is 1.70 bits per heavy atom. The number of aromatic hydroxyl groups is 1. The van der Waals surface area contributed by atoms with Gasteiger partial charge in [-0.05, 0) is 12.1 Å². The first-order chi connectivity index (χ1) is 4.39. The average molecular weight is 210 g/mol. The number of phenolic OH excluding ortho intramolecular Hbond substituents is 1. The van der Waals surface area contributed by atoms with Gasteiger partial charge in [0.15, 0.2) is 0 Å². The van der Waals surface area contributed by atoms with Crippen LogP contribution in [0.3, 0.4) is 0 Å². The van der Waals surface area contributed by atoms with Crippen molar-refractivity contribution in [1.29, 1.82) is 0 Å². The molecule has 0 heterocycles. The molecule has 1 radical (unpaired) electrons. The van der Waals surface area contributed by atoms with E-state index in [-0.39, 0.29) is 32.7 Å². The maximum Gasteiger partial charge on any atom is 0.115 e. The zero-order valence-corrected chi connectivity index (χ0v) is 8.53. The molecule has 1 rings (SSSR count). The molecule has 51 valence electrons. The number of hydrogen-bond donors (Lipinski definition) is 1. The van der Waals surface area contributed by atoms with Gasteiger partial charge in [0.1, 0.15) is 5.75 Å². The Morgan fingerprint density at radius 2 is 1.50 bits per heavy atom.